The fourth-order valence-electron chi connectivity index (χ4n) is 3.25. The van der Waals surface area contributed by atoms with Crippen molar-refractivity contribution in [1.82, 2.24) is 15.1 Å². The molecule has 0 spiro atoms. The van der Waals surface area contributed by atoms with Crippen molar-refractivity contribution in [3.63, 3.8) is 0 Å². The van der Waals surface area contributed by atoms with Gasteiger partial charge in [0, 0.05) is 25.2 Å². The van der Waals surface area contributed by atoms with E-state index in [0.717, 1.165) is 18.0 Å². The largest absolute Gasteiger partial charge is 0.312 e. The Morgan fingerprint density at radius 2 is 2.06 bits per heavy atom. The fraction of sp³-hybridized carbons (Fsp3) is 1.00. The maximum absolute atomic E-state index is 3.70. The van der Waals surface area contributed by atoms with Crippen LogP contribution in [-0.2, 0) is 0 Å². The number of rotatable bonds is 3. The second kappa shape index (κ2) is 6.17. The van der Waals surface area contributed by atoms with Gasteiger partial charge in [0.1, 0.15) is 0 Å². The minimum atomic E-state index is 0.727. The van der Waals surface area contributed by atoms with Crippen molar-refractivity contribution in [3.8, 4) is 0 Å². The van der Waals surface area contributed by atoms with E-state index in [0.29, 0.717) is 0 Å². The van der Waals surface area contributed by atoms with Gasteiger partial charge in [-0.2, -0.15) is 0 Å². The highest BCUT2D eigenvalue weighted by molar-refractivity contribution is 4.85. The highest BCUT2D eigenvalue weighted by atomic mass is 15.2. The molecular weight excluding hydrogens is 210 g/mol. The Labute approximate surface area is 107 Å². The van der Waals surface area contributed by atoms with Crippen LogP contribution in [0.3, 0.4) is 0 Å². The SMILES string of the molecule is CC1CCCNC1CN1CCCC(N(C)C)C1. The van der Waals surface area contributed by atoms with Gasteiger partial charge in [0.2, 0.25) is 0 Å². The maximum atomic E-state index is 3.70. The summed E-state index contributed by atoms with van der Waals surface area (Å²) < 4.78 is 0. The quantitative estimate of drug-likeness (QED) is 0.803. The summed E-state index contributed by atoms with van der Waals surface area (Å²) in [5.41, 5.74) is 0. The molecule has 2 rings (SSSR count). The first kappa shape index (κ1) is 13.3. The molecule has 0 bridgehead atoms. The van der Waals surface area contributed by atoms with Gasteiger partial charge in [0.25, 0.3) is 0 Å². The molecule has 17 heavy (non-hydrogen) atoms. The molecule has 100 valence electrons. The first-order valence-corrected chi connectivity index (χ1v) is 7.29. The summed E-state index contributed by atoms with van der Waals surface area (Å²) >= 11 is 0. The van der Waals surface area contributed by atoms with Crippen molar-refractivity contribution in [2.45, 2.75) is 44.7 Å². The first-order valence-electron chi connectivity index (χ1n) is 7.29. The second-order valence-corrected chi connectivity index (χ2v) is 6.20. The predicted molar refractivity (Wildman–Crippen MR) is 73.3 cm³/mol. The molecule has 0 amide bonds. The van der Waals surface area contributed by atoms with E-state index in [-0.39, 0.29) is 0 Å². The van der Waals surface area contributed by atoms with E-state index < -0.39 is 0 Å². The number of likely N-dealkylation sites (tertiary alicyclic amines) is 1. The van der Waals surface area contributed by atoms with Gasteiger partial charge in [0.05, 0.1) is 0 Å². The Morgan fingerprint density at radius 1 is 1.24 bits per heavy atom. The van der Waals surface area contributed by atoms with Crippen LogP contribution in [0.1, 0.15) is 32.6 Å². The molecule has 3 atom stereocenters. The Kier molecular flexibility index (Phi) is 4.83. The van der Waals surface area contributed by atoms with E-state index in [1.165, 1.54) is 51.9 Å². The molecule has 3 heteroatoms. The Hall–Kier alpha value is -0.120. The number of piperidine rings is 2. The molecule has 0 aromatic carbocycles. The van der Waals surface area contributed by atoms with Crippen LogP contribution < -0.4 is 5.32 Å². The van der Waals surface area contributed by atoms with Crippen molar-refractivity contribution >= 4 is 0 Å². The minimum Gasteiger partial charge on any atom is -0.312 e. The van der Waals surface area contributed by atoms with Crippen LogP contribution >= 0.6 is 0 Å². The number of likely N-dealkylation sites (N-methyl/N-ethyl adjacent to an activating group) is 1. The van der Waals surface area contributed by atoms with Crippen molar-refractivity contribution in [2.24, 2.45) is 5.92 Å². The molecule has 2 heterocycles. The highest BCUT2D eigenvalue weighted by Crippen LogP contribution is 2.19. The van der Waals surface area contributed by atoms with E-state index >= 15 is 0 Å². The lowest BCUT2D eigenvalue weighted by molar-refractivity contribution is 0.109. The summed E-state index contributed by atoms with van der Waals surface area (Å²) in [4.78, 5) is 5.07. The molecule has 0 aromatic heterocycles. The molecule has 2 aliphatic heterocycles. The van der Waals surface area contributed by atoms with Gasteiger partial charge in [-0.1, -0.05) is 6.92 Å². The van der Waals surface area contributed by atoms with Crippen LogP contribution in [0.15, 0.2) is 0 Å². The number of hydrogen-bond acceptors (Lipinski definition) is 3. The molecular formula is C14H29N3. The molecule has 0 saturated carbocycles. The molecule has 3 nitrogen and oxygen atoms in total. The summed E-state index contributed by atoms with van der Waals surface area (Å²) in [5, 5.41) is 3.70. The van der Waals surface area contributed by atoms with E-state index in [4.69, 9.17) is 0 Å². The predicted octanol–water partition coefficient (Wildman–Crippen LogP) is 1.40. The molecule has 0 aromatic rings. The van der Waals surface area contributed by atoms with E-state index in [9.17, 15) is 0 Å². The first-order chi connectivity index (χ1) is 8.16. The van der Waals surface area contributed by atoms with Gasteiger partial charge >= 0.3 is 0 Å². The second-order valence-electron chi connectivity index (χ2n) is 6.20. The van der Waals surface area contributed by atoms with E-state index in [2.05, 4.69) is 36.1 Å². The molecule has 0 radical (unpaired) electrons. The highest BCUT2D eigenvalue weighted by Gasteiger charge is 2.26. The van der Waals surface area contributed by atoms with Gasteiger partial charge in [-0.25, -0.2) is 0 Å². The fourth-order valence-corrected chi connectivity index (χ4v) is 3.25. The Balaban J connectivity index is 1.81. The van der Waals surface area contributed by atoms with Gasteiger partial charge in [-0.05, 0) is 58.8 Å². The molecule has 2 fully saturated rings. The zero-order valence-corrected chi connectivity index (χ0v) is 11.8. The third-order valence-electron chi connectivity index (χ3n) is 4.60. The van der Waals surface area contributed by atoms with Crippen molar-refractivity contribution in [3.05, 3.63) is 0 Å². The summed E-state index contributed by atoms with van der Waals surface area (Å²) in [7, 11) is 4.44. The van der Waals surface area contributed by atoms with Crippen molar-refractivity contribution in [1.29, 1.82) is 0 Å². The van der Waals surface area contributed by atoms with Crippen LogP contribution in [0.25, 0.3) is 0 Å². The van der Waals surface area contributed by atoms with Crippen LogP contribution in [0.4, 0.5) is 0 Å². The molecule has 3 unspecified atom stereocenters. The Bertz CT molecular complexity index is 230. The molecule has 1 N–H and O–H groups in total. The van der Waals surface area contributed by atoms with Gasteiger partial charge < -0.3 is 15.1 Å². The van der Waals surface area contributed by atoms with Gasteiger partial charge in [-0.3, -0.25) is 0 Å². The van der Waals surface area contributed by atoms with Gasteiger partial charge in [-0.15, -0.1) is 0 Å². The van der Waals surface area contributed by atoms with Crippen LogP contribution in [0.2, 0.25) is 0 Å². The Morgan fingerprint density at radius 3 is 2.76 bits per heavy atom. The van der Waals surface area contributed by atoms with E-state index in [1.54, 1.807) is 0 Å². The zero-order valence-electron chi connectivity index (χ0n) is 11.8. The lowest BCUT2D eigenvalue weighted by Gasteiger charge is -2.40. The monoisotopic (exact) mass is 239 g/mol. The van der Waals surface area contributed by atoms with E-state index in [1.807, 2.05) is 0 Å². The lowest BCUT2D eigenvalue weighted by Crippen LogP contribution is -2.52. The molecule has 2 saturated heterocycles. The summed E-state index contributed by atoms with van der Waals surface area (Å²) in [6.07, 6.45) is 5.50. The molecule has 0 aliphatic carbocycles. The summed E-state index contributed by atoms with van der Waals surface area (Å²) in [6, 6.07) is 1.49. The van der Waals surface area contributed by atoms with Crippen LogP contribution in [0, 0.1) is 5.92 Å². The average molecular weight is 239 g/mol. The van der Waals surface area contributed by atoms with Crippen LogP contribution in [0.5, 0.6) is 0 Å². The lowest BCUT2D eigenvalue weighted by atomic mass is 9.91. The third kappa shape index (κ3) is 3.67. The summed E-state index contributed by atoms with van der Waals surface area (Å²) in [6.45, 7) is 7.45. The normalized spacial score (nSPS) is 36.4. The smallest absolute Gasteiger partial charge is 0.0220 e. The standard InChI is InChI=1S/C14H29N3/c1-12-6-4-8-15-14(12)11-17-9-5-7-13(10-17)16(2)3/h12-15H,4-11H2,1-3H3. The molecule has 2 aliphatic rings. The van der Waals surface area contributed by atoms with Crippen molar-refractivity contribution < 1.29 is 0 Å². The number of hydrogen-bond donors (Lipinski definition) is 1. The average Bonchev–Trinajstić information content (AvgIpc) is 2.32. The zero-order chi connectivity index (χ0) is 12.3. The maximum Gasteiger partial charge on any atom is 0.0220 e. The summed E-state index contributed by atoms with van der Waals surface area (Å²) in [5.74, 6) is 0.850. The third-order valence-corrected chi connectivity index (χ3v) is 4.60. The minimum absolute atomic E-state index is 0.727. The van der Waals surface area contributed by atoms with Crippen LogP contribution in [-0.4, -0.2) is 62.2 Å². The number of nitrogens with zero attached hydrogens (tertiary/aromatic N) is 2. The van der Waals surface area contributed by atoms with Crippen molar-refractivity contribution in [2.75, 3.05) is 40.3 Å². The topological polar surface area (TPSA) is 18.5 Å². The number of nitrogens with one attached hydrogen (secondary N) is 1. The van der Waals surface area contributed by atoms with Gasteiger partial charge in [0.15, 0.2) is 0 Å².